The Balaban J connectivity index is 1.47. The molecule has 0 aliphatic carbocycles. The summed E-state index contributed by atoms with van der Waals surface area (Å²) in [6.45, 7) is 1.98. The van der Waals surface area contributed by atoms with Crippen molar-refractivity contribution in [3.05, 3.63) is 54.0 Å². The molecular weight excluding hydrogens is 351 g/mol. The Morgan fingerprint density at radius 3 is 2.77 bits per heavy atom. The molecule has 3 rings (SSSR count). The molecule has 0 saturated carbocycles. The summed E-state index contributed by atoms with van der Waals surface area (Å²) in [5.74, 6) is 0.540. The van der Waals surface area contributed by atoms with E-state index in [4.69, 9.17) is 4.74 Å². The zero-order valence-electron chi connectivity index (χ0n) is 14.9. The first-order valence-corrected chi connectivity index (χ1v) is 10.1. The van der Waals surface area contributed by atoms with Crippen molar-refractivity contribution >= 4 is 17.7 Å². The second-order valence-corrected chi connectivity index (χ2v) is 7.16. The van der Waals surface area contributed by atoms with Gasteiger partial charge in [0.25, 0.3) is 5.91 Å². The maximum Gasteiger partial charge on any atom is 0.256 e. The number of halogens is 1. The highest BCUT2D eigenvalue weighted by molar-refractivity contribution is 7.98. The molecule has 1 fully saturated rings. The van der Waals surface area contributed by atoms with Crippen molar-refractivity contribution in [3.63, 3.8) is 0 Å². The molecule has 1 amide bonds. The molecule has 0 atom stereocenters. The Morgan fingerprint density at radius 2 is 2.04 bits per heavy atom. The molecule has 2 aromatic rings. The molecule has 6 heteroatoms. The van der Waals surface area contributed by atoms with E-state index in [0.29, 0.717) is 23.8 Å². The number of hydrogen-bond donors (Lipinski definition) is 0. The van der Waals surface area contributed by atoms with Gasteiger partial charge in [0, 0.05) is 19.3 Å². The van der Waals surface area contributed by atoms with Crippen molar-refractivity contribution in [1.29, 1.82) is 0 Å². The molecular formula is C20H23FN2O2S. The third-order valence-electron chi connectivity index (χ3n) is 4.72. The van der Waals surface area contributed by atoms with Crippen LogP contribution < -0.4 is 4.74 Å². The Hall–Kier alpha value is -2.08. The van der Waals surface area contributed by atoms with E-state index in [1.807, 2.05) is 17.2 Å². The van der Waals surface area contributed by atoms with Crippen molar-refractivity contribution in [2.45, 2.75) is 24.3 Å². The summed E-state index contributed by atoms with van der Waals surface area (Å²) in [4.78, 5) is 18.9. The maximum absolute atomic E-state index is 13.5. The van der Waals surface area contributed by atoms with Crippen LogP contribution in [0, 0.1) is 11.7 Å². The highest BCUT2D eigenvalue weighted by atomic mass is 32.2. The number of para-hydroxylation sites is 1. The summed E-state index contributed by atoms with van der Waals surface area (Å²) < 4.78 is 19.1. The average molecular weight is 374 g/mol. The highest BCUT2D eigenvalue weighted by Crippen LogP contribution is 2.25. The molecule has 1 aromatic carbocycles. The zero-order valence-corrected chi connectivity index (χ0v) is 15.7. The van der Waals surface area contributed by atoms with Gasteiger partial charge >= 0.3 is 0 Å². The van der Waals surface area contributed by atoms with Crippen molar-refractivity contribution in [3.8, 4) is 5.75 Å². The average Bonchev–Trinajstić information content (AvgIpc) is 2.69. The smallest absolute Gasteiger partial charge is 0.256 e. The van der Waals surface area contributed by atoms with Crippen LogP contribution in [0.5, 0.6) is 5.75 Å². The molecule has 0 bridgehead atoms. The number of nitrogens with zero attached hydrogens (tertiary/aromatic N) is 2. The molecule has 0 spiro atoms. The van der Waals surface area contributed by atoms with Gasteiger partial charge in [0.1, 0.15) is 5.03 Å². The van der Waals surface area contributed by atoms with Crippen LogP contribution in [0.3, 0.4) is 0 Å². The van der Waals surface area contributed by atoms with E-state index >= 15 is 0 Å². The van der Waals surface area contributed by atoms with E-state index in [1.54, 1.807) is 30.5 Å². The first kappa shape index (κ1) is 18.7. The van der Waals surface area contributed by atoms with E-state index in [1.165, 1.54) is 17.8 Å². The van der Waals surface area contributed by atoms with Crippen molar-refractivity contribution < 1.29 is 13.9 Å². The summed E-state index contributed by atoms with van der Waals surface area (Å²) in [7, 11) is 0. The lowest BCUT2D eigenvalue weighted by Crippen LogP contribution is -2.39. The predicted molar refractivity (Wildman–Crippen MR) is 101 cm³/mol. The van der Waals surface area contributed by atoms with Gasteiger partial charge in [-0.3, -0.25) is 4.79 Å². The van der Waals surface area contributed by atoms with E-state index in [0.717, 1.165) is 37.4 Å². The van der Waals surface area contributed by atoms with Gasteiger partial charge < -0.3 is 9.64 Å². The van der Waals surface area contributed by atoms with Crippen molar-refractivity contribution in [2.24, 2.45) is 5.92 Å². The number of benzene rings is 1. The number of aromatic nitrogens is 1. The number of amides is 1. The number of likely N-dealkylation sites (tertiary alicyclic amines) is 1. The quantitative estimate of drug-likeness (QED) is 0.709. The molecule has 0 unspecified atom stereocenters. The minimum Gasteiger partial charge on any atom is -0.491 e. The summed E-state index contributed by atoms with van der Waals surface area (Å²) in [6, 6.07) is 10.1. The number of piperidine rings is 1. The fourth-order valence-electron chi connectivity index (χ4n) is 3.21. The summed E-state index contributed by atoms with van der Waals surface area (Å²) in [5.41, 5.74) is 0.682. The zero-order chi connectivity index (χ0) is 18.4. The molecule has 1 saturated heterocycles. The lowest BCUT2D eigenvalue weighted by atomic mass is 9.93. The topological polar surface area (TPSA) is 42.4 Å². The van der Waals surface area contributed by atoms with Crippen LogP contribution in [0.15, 0.2) is 47.6 Å². The molecule has 138 valence electrons. The largest absolute Gasteiger partial charge is 0.491 e. The van der Waals surface area contributed by atoms with Crippen LogP contribution in [-0.2, 0) is 0 Å². The molecule has 1 aliphatic rings. The van der Waals surface area contributed by atoms with E-state index in [-0.39, 0.29) is 11.7 Å². The van der Waals surface area contributed by atoms with Gasteiger partial charge in [-0.1, -0.05) is 12.1 Å². The number of hydrogen-bond acceptors (Lipinski definition) is 4. The van der Waals surface area contributed by atoms with E-state index < -0.39 is 0 Å². The van der Waals surface area contributed by atoms with Crippen LogP contribution in [0.2, 0.25) is 0 Å². The molecule has 26 heavy (non-hydrogen) atoms. The van der Waals surface area contributed by atoms with Gasteiger partial charge in [-0.2, -0.15) is 0 Å². The second kappa shape index (κ2) is 9.03. The third-order valence-corrected chi connectivity index (χ3v) is 5.43. The maximum atomic E-state index is 13.5. The van der Waals surface area contributed by atoms with Gasteiger partial charge in [-0.05, 0) is 55.7 Å². The molecule has 0 radical (unpaired) electrons. The lowest BCUT2D eigenvalue weighted by molar-refractivity contribution is 0.0675. The van der Waals surface area contributed by atoms with Gasteiger partial charge in [-0.15, -0.1) is 11.8 Å². The van der Waals surface area contributed by atoms with Crippen LogP contribution in [0.1, 0.15) is 29.6 Å². The second-order valence-electron chi connectivity index (χ2n) is 6.36. The Bertz CT molecular complexity index is 748. The molecule has 0 N–H and O–H groups in total. The van der Waals surface area contributed by atoms with Gasteiger partial charge in [-0.25, -0.2) is 9.37 Å². The molecule has 1 aliphatic heterocycles. The first-order chi connectivity index (χ1) is 12.7. The van der Waals surface area contributed by atoms with Crippen molar-refractivity contribution in [1.82, 2.24) is 9.88 Å². The van der Waals surface area contributed by atoms with Gasteiger partial charge in [0.05, 0.1) is 12.2 Å². The molecule has 4 nitrogen and oxygen atoms in total. The summed E-state index contributed by atoms with van der Waals surface area (Å²) in [6.07, 6.45) is 6.41. The summed E-state index contributed by atoms with van der Waals surface area (Å²) in [5, 5.41) is 0.776. The number of rotatable bonds is 6. The number of thioether (sulfide) groups is 1. The fraction of sp³-hybridized carbons (Fsp3) is 0.400. The van der Waals surface area contributed by atoms with Gasteiger partial charge in [0.15, 0.2) is 11.6 Å². The SMILES string of the molecule is CSc1ncccc1C(=O)N1CCC(CCOc2ccccc2F)CC1. The van der Waals surface area contributed by atoms with E-state index in [2.05, 4.69) is 4.98 Å². The first-order valence-electron chi connectivity index (χ1n) is 8.84. The summed E-state index contributed by atoms with van der Waals surface area (Å²) >= 11 is 1.49. The molecule has 1 aromatic heterocycles. The Kier molecular flexibility index (Phi) is 6.50. The monoisotopic (exact) mass is 374 g/mol. The lowest BCUT2D eigenvalue weighted by Gasteiger charge is -2.32. The third kappa shape index (κ3) is 4.55. The van der Waals surface area contributed by atoms with Gasteiger partial charge in [0.2, 0.25) is 0 Å². The number of ether oxygens (including phenoxy) is 1. The van der Waals surface area contributed by atoms with Crippen LogP contribution in [-0.4, -0.2) is 41.7 Å². The predicted octanol–water partition coefficient (Wildman–Crippen LogP) is 4.26. The number of carbonyl (C=O) groups excluding carboxylic acids is 1. The number of pyridine rings is 1. The van der Waals surface area contributed by atoms with Crippen LogP contribution in [0.4, 0.5) is 4.39 Å². The van der Waals surface area contributed by atoms with Crippen LogP contribution in [0.25, 0.3) is 0 Å². The minimum atomic E-state index is -0.325. The van der Waals surface area contributed by atoms with Crippen molar-refractivity contribution in [2.75, 3.05) is 26.0 Å². The minimum absolute atomic E-state index is 0.0588. The highest BCUT2D eigenvalue weighted by Gasteiger charge is 2.25. The van der Waals surface area contributed by atoms with E-state index in [9.17, 15) is 9.18 Å². The fourth-order valence-corrected chi connectivity index (χ4v) is 3.75. The molecule has 2 heterocycles. The number of carbonyl (C=O) groups is 1. The standard InChI is InChI=1S/C20H23FN2O2S/c1-26-19-16(5-4-11-22-19)20(24)23-12-8-15(9-13-23)10-14-25-18-7-3-2-6-17(18)21/h2-7,11,15H,8-10,12-14H2,1H3. The Morgan fingerprint density at radius 1 is 1.27 bits per heavy atom. The Labute approximate surface area is 157 Å². The van der Waals surface area contributed by atoms with Crippen LogP contribution >= 0.6 is 11.8 Å². The normalized spacial score (nSPS) is 15.1.